The molecule has 0 amide bonds. The van der Waals surface area contributed by atoms with E-state index < -0.39 is 11.7 Å². The van der Waals surface area contributed by atoms with Crippen molar-refractivity contribution >= 4 is 11.3 Å². The number of benzene rings is 1. The summed E-state index contributed by atoms with van der Waals surface area (Å²) in [6.45, 7) is 0.924. The SMILES string of the molecule is CNCCCc1csc(-c2ccc(C(F)(F)F)cc2)n1. The van der Waals surface area contributed by atoms with E-state index in [0.717, 1.165) is 47.8 Å². The normalized spacial score (nSPS) is 11.8. The van der Waals surface area contributed by atoms with E-state index in [9.17, 15) is 13.2 Å². The van der Waals surface area contributed by atoms with Crippen LogP contribution in [0, 0.1) is 0 Å². The summed E-state index contributed by atoms with van der Waals surface area (Å²) in [5.74, 6) is 0. The molecule has 0 radical (unpaired) electrons. The largest absolute Gasteiger partial charge is 0.416 e. The molecule has 0 saturated heterocycles. The van der Waals surface area contributed by atoms with Crippen LogP contribution in [0.3, 0.4) is 0 Å². The zero-order chi connectivity index (χ0) is 14.6. The third kappa shape index (κ3) is 3.80. The van der Waals surface area contributed by atoms with Crippen LogP contribution in [-0.4, -0.2) is 18.6 Å². The molecule has 0 fully saturated rings. The molecule has 0 saturated carbocycles. The van der Waals surface area contributed by atoms with Gasteiger partial charge in [0.2, 0.25) is 0 Å². The molecule has 2 rings (SSSR count). The lowest BCUT2D eigenvalue weighted by Gasteiger charge is -2.06. The van der Waals surface area contributed by atoms with E-state index >= 15 is 0 Å². The van der Waals surface area contributed by atoms with E-state index in [1.54, 1.807) is 0 Å². The Morgan fingerprint density at radius 1 is 1.20 bits per heavy atom. The maximum absolute atomic E-state index is 12.5. The van der Waals surface area contributed by atoms with E-state index in [-0.39, 0.29) is 0 Å². The molecule has 0 aliphatic carbocycles. The summed E-state index contributed by atoms with van der Waals surface area (Å²) in [6, 6.07) is 5.13. The molecule has 1 aromatic heterocycles. The van der Waals surface area contributed by atoms with Crippen molar-refractivity contribution in [1.82, 2.24) is 10.3 Å². The van der Waals surface area contributed by atoms with Gasteiger partial charge < -0.3 is 5.32 Å². The van der Waals surface area contributed by atoms with E-state index in [1.165, 1.54) is 23.5 Å². The maximum Gasteiger partial charge on any atom is 0.416 e. The molecule has 0 atom stereocenters. The fourth-order valence-electron chi connectivity index (χ4n) is 1.80. The molecule has 2 nitrogen and oxygen atoms in total. The monoisotopic (exact) mass is 300 g/mol. The number of rotatable bonds is 5. The summed E-state index contributed by atoms with van der Waals surface area (Å²) in [7, 11) is 1.90. The van der Waals surface area contributed by atoms with Gasteiger partial charge in [-0.15, -0.1) is 11.3 Å². The Bertz CT molecular complexity index is 546. The van der Waals surface area contributed by atoms with Gasteiger partial charge in [-0.25, -0.2) is 4.98 Å². The third-order valence-corrected chi connectivity index (χ3v) is 3.81. The lowest BCUT2D eigenvalue weighted by atomic mass is 10.1. The fraction of sp³-hybridized carbons (Fsp3) is 0.357. The zero-order valence-electron chi connectivity index (χ0n) is 11.0. The van der Waals surface area contributed by atoms with Crippen LogP contribution in [0.5, 0.6) is 0 Å². The number of thiazole rings is 1. The summed E-state index contributed by atoms with van der Waals surface area (Å²) < 4.78 is 37.4. The van der Waals surface area contributed by atoms with Crippen LogP contribution in [-0.2, 0) is 12.6 Å². The smallest absolute Gasteiger partial charge is 0.320 e. The van der Waals surface area contributed by atoms with Gasteiger partial charge in [0.15, 0.2) is 0 Å². The molecule has 0 unspecified atom stereocenters. The summed E-state index contributed by atoms with van der Waals surface area (Å²) in [4.78, 5) is 4.45. The number of aryl methyl sites for hydroxylation is 1. The van der Waals surface area contributed by atoms with Gasteiger partial charge in [0, 0.05) is 10.9 Å². The second-order valence-electron chi connectivity index (χ2n) is 4.43. The van der Waals surface area contributed by atoms with Crippen molar-refractivity contribution < 1.29 is 13.2 Å². The highest BCUT2D eigenvalue weighted by Crippen LogP contribution is 2.31. The summed E-state index contributed by atoms with van der Waals surface area (Å²) in [6.07, 6.45) is -2.43. The summed E-state index contributed by atoms with van der Waals surface area (Å²) in [5, 5.41) is 5.79. The molecule has 0 aliphatic heterocycles. The van der Waals surface area contributed by atoms with Crippen LogP contribution >= 0.6 is 11.3 Å². The van der Waals surface area contributed by atoms with Gasteiger partial charge >= 0.3 is 6.18 Å². The lowest BCUT2D eigenvalue weighted by Crippen LogP contribution is -2.08. The molecule has 20 heavy (non-hydrogen) atoms. The molecular weight excluding hydrogens is 285 g/mol. The van der Waals surface area contributed by atoms with Crippen LogP contribution in [0.1, 0.15) is 17.7 Å². The molecule has 1 aromatic carbocycles. The van der Waals surface area contributed by atoms with Crippen LogP contribution in [0.25, 0.3) is 10.6 Å². The zero-order valence-corrected chi connectivity index (χ0v) is 11.8. The molecule has 1 heterocycles. The summed E-state index contributed by atoms with van der Waals surface area (Å²) in [5.41, 5.74) is 1.08. The molecule has 108 valence electrons. The van der Waals surface area contributed by atoms with Gasteiger partial charge in [-0.2, -0.15) is 13.2 Å². The first-order valence-corrected chi connectivity index (χ1v) is 7.15. The first-order valence-electron chi connectivity index (χ1n) is 6.27. The highest BCUT2D eigenvalue weighted by Gasteiger charge is 2.30. The highest BCUT2D eigenvalue weighted by molar-refractivity contribution is 7.13. The first kappa shape index (κ1) is 15.0. The maximum atomic E-state index is 12.5. The predicted molar refractivity (Wildman–Crippen MR) is 74.8 cm³/mol. The van der Waals surface area contributed by atoms with Crippen molar-refractivity contribution in [2.45, 2.75) is 19.0 Å². The number of hydrogen-bond donors (Lipinski definition) is 1. The Morgan fingerprint density at radius 2 is 1.90 bits per heavy atom. The Labute approximate surface area is 119 Å². The Kier molecular flexibility index (Phi) is 4.77. The molecule has 0 aliphatic rings. The van der Waals surface area contributed by atoms with Crippen molar-refractivity contribution in [2.24, 2.45) is 0 Å². The van der Waals surface area contributed by atoms with Crippen LogP contribution in [0.2, 0.25) is 0 Å². The average molecular weight is 300 g/mol. The second-order valence-corrected chi connectivity index (χ2v) is 5.28. The van der Waals surface area contributed by atoms with Crippen molar-refractivity contribution in [3.05, 3.63) is 40.9 Å². The third-order valence-electron chi connectivity index (χ3n) is 2.87. The molecule has 0 spiro atoms. The van der Waals surface area contributed by atoms with Crippen molar-refractivity contribution in [1.29, 1.82) is 0 Å². The van der Waals surface area contributed by atoms with Crippen LogP contribution in [0.15, 0.2) is 29.6 Å². The minimum Gasteiger partial charge on any atom is -0.320 e. The number of nitrogens with zero attached hydrogens (tertiary/aromatic N) is 1. The van der Waals surface area contributed by atoms with Gasteiger partial charge in [0.05, 0.1) is 11.3 Å². The number of hydrogen-bond acceptors (Lipinski definition) is 3. The van der Waals surface area contributed by atoms with Gasteiger partial charge in [0.25, 0.3) is 0 Å². The minimum absolute atomic E-state index is 0.632. The number of aromatic nitrogens is 1. The van der Waals surface area contributed by atoms with E-state index in [2.05, 4.69) is 10.3 Å². The molecule has 1 N–H and O–H groups in total. The molecule has 2 aromatic rings. The van der Waals surface area contributed by atoms with Crippen LogP contribution in [0.4, 0.5) is 13.2 Å². The number of nitrogens with one attached hydrogen (secondary N) is 1. The Balaban J connectivity index is 2.08. The summed E-state index contributed by atoms with van der Waals surface area (Å²) >= 11 is 1.46. The van der Waals surface area contributed by atoms with Gasteiger partial charge in [-0.3, -0.25) is 0 Å². The van der Waals surface area contributed by atoms with Gasteiger partial charge in [-0.05, 0) is 38.6 Å². The molecular formula is C14H15F3N2S. The Hall–Kier alpha value is -1.40. The quantitative estimate of drug-likeness (QED) is 0.845. The van der Waals surface area contributed by atoms with Crippen LogP contribution < -0.4 is 5.32 Å². The Morgan fingerprint density at radius 3 is 2.50 bits per heavy atom. The lowest BCUT2D eigenvalue weighted by molar-refractivity contribution is -0.137. The highest BCUT2D eigenvalue weighted by atomic mass is 32.1. The van der Waals surface area contributed by atoms with E-state index in [4.69, 9.17) is 0 Å². The predicted octanol–water partition coefficient (Wildman–Crippen LogP) is 3.98. The second kappa shape index (κ2) is 6.37. The minimum atomic E-state index is -4.29. The fourth-order valence-corrected chi connectivity index (χ4v) is 2.66. The molecule has 6 heteroatoms. The topological polar surface area (TPSA) is 24.9 Å². The van der Waals surface area contributed by atoms with E-state index in [1.807, 2.05) is 12.4 Å². The van der Waals surface area contributed by atoms with E-state index in [0.29, 0.717) is 0 Å². The van der Waals surface area contributed by atoms with Crippen molar-refractivity contribution in [2.75, 3.05) is 13.6 Å². The number of halogens is 3. The number of alkyl halides is 3. The standard InChI is InChI=1S/C14H15F3N2S/c1-18-8-2-3-12-9-20-13(19-12)10-4-6-11(7-5-10)14(15,16)17/h4-7,9,18H,2-3,8H2,1H3. The molecule has 0 bridgehead atoms. The first-order chi connectivity index (χ1) is 9.50. The average Bonchev–Trinajstić information content (AvgIpc) is 2.87. The van der Waals surface area contributed by atoms with Gasteiger partial charge in [-0.1, -0.05) is 12.1 Å². The van der Waals surface area contributed by atoms with Crippen molar-refractivity contribution in [3.8, 4) is 10.6 Å². The van der Waals surface area contributed by atoms with Gasteiger partial charge in [0.1, 0.15) is 5.01 Å². The van der Waals surface area contributed by atoms with Crippen molar-refractivity contribution in [3.63, 3.8) is 0 Å².